The predicted octanol–water partition coefficient (Wildman–Crippen LogP) is 3.49. The minimum Gasteiger partial charge on any atom is -0.342 e. The molecular formula is C18H28N2O3S. The predicted molar refractivity (Wildman–Crippen MR) is 97.7 cm³/mol. The van der Waals surface area contributed by atoms with E-state index in [-0.39, 0.29) is 11.7 Å². The van der Waals surface area contributed by atoms with Gasteiger partial charge in [-0.3, -0.25) is 9.52 Å². The molecule has 0 atom stereocenters. The number of sulfonamides is 1. The van der Waals surface area contributed by atoms with Gasteiger partial charge in [-0.25, -0.2) is 8.42 Å². The average molecular weight is 353 g/mol. The Bertz CT molecular complexity index is 652. The molecular weight excluding hydrogens is 324 g/mol. The summed E-state index contributed by atoms with van der Waals surface area (Å²) in [5.74, 6) is 0.551. The minimum absolute atomic E-state index is 0.0208. The van der Waals surface area contributed by atoms with E-state index >= 15 is 0 Å². The Morgan fingerprint density at radius 2 is 1.88 bits per heavy atom. The molecule has 2 rings (SSSR count). The molecule has 5 nitrogen and oxygen atoms in total. The van der Waals surface area contributed by atoms with Crippen LogP contribution in [0.4, 0.5) is 5.69 Å². The van der Waals surface area contributed by atoms with Crippen LogP contribution in [0, 0.1) is 5.92 Å². The molecule has 0 aliphatic heterocycles. The number of hydrogen-bond acceptors (Lipinski definition) is 3. The highest BCUT2D eigenvalue weighted by molar-refractivity contribution is 7.92. The molecule has 24 heavy (non-hydrogen) atoms. The van der Waals surface area contributed by atoms with Crippen LogP contribution < -0.4 is 4.72 Å². The summed E-state index contributed by atoms with van der Waals surface area (Å²) in [6, 6.07) is 6.79. The van der Waals surface area contributed by atoms with Crippen LogP contribution in [0.5, 0.6) is 0 Å². The molecule has 1 fully saturated rings. The highest BCUT2D eigenvalue weighted by Crippen LogP contribution is 2.26. The van der Waals surface area contributed by atoms with Gasteiger partial charge in [0.25, 0.3) is 5.91 Å². The first-order valence-electron chi connectivity index (χ1n) is 8.78. The first-order chi connectivity index (χ1) is 11.4. The Morgan fingerprint density at radius 3 is 2.54 bits per heavy atom. The van der Waals surface area contributed by atoms with Crippen molar-refractivity contribution in [3.8, 4) is 0 Å². The normalized spacial score (nSPS) is 15.9. The summed E-state index contributed by atoms with van der Waals surface area (Å²) in [6.07, 6.45) is 7.46. The number of carbonyl (C=O) groups is 1. The van der Waals surface area contributed by atoms with E-state index in [0.29, 0.717) is 23.7 Å². The summed E-state index contributed by atoms with van der Waals surface area (Å²) in [4.78, 5) is 14.4. The maximum Gasteiger partial charge on any atom is 0.255 e. The van der Waals surface area contributed by atoms with Gasteiger partial charge in [0.05, 0.1) is 17.0 Å². The summed E-state index contributed by atoms with van der Waals surface area (Å²) in [6.45, 7) is 2.28. The quantitative estimate of drug-likeness (QED) is 0.817. The molecule has 1 amide bonds. The molecule has 134 valence electrons. The van der Waals surface area contributed by atoms with Gasteiger partial charge in [0.1, 0.15) is 0 Å². The molecule has 0 aromatic heterocycles. The highest BCUT2D eigenvalue weighted by atomic mass is 32.2. The standard InChI is InChI=1S/C18H28N2O3S/c1-3-24(22,23)19-17-12-8-7-11-16(17)18(21)20(2)14-13-15-9-5-4-6-10-15/h7-8,11-12,15,19H,3-6,9-10,13-14H2,1-2H3. The van der Waals surface area contributed by atoms with E-state index in [2.05, 4.69) is 4.72 Å². The van der Waals surface area contributed by atoms with Crippen molar-refractivity contribution in [2.75, 3.05) is 24.1 Å². The summed E-state index contributed by atoms with van der Waals surface area (Å²) in [7, 11) is -1.62. The van der Waals surface area contributed by atoms with Gasteiger partial charge in [-0.1, -0.05) is 44.2 Å². The minimum atomic E-state index is -3.40. The van der Waals surface area contributed by atoms with E-state index in [1.807, 2.05) is 0 Å². The third-order valence-corrected chi connectivity index (χ3v) is 6.04. The smallest absolute Gasteiger partial charge is 0.255 e. The van der Waals surface area contributed by atoms with Crippen LogP contribution in [0.1, 0.15) is 55.8 Å². The lowest BCUT2D eigenvalue weighted by Gasteiger charge is -2.25. The number of rotatable bonds is 7. The number of amides is 1. The van der Waals surface area contributed by atoms with Gasteiger partial charge in [-0.05, 0) is 31.4 Å². The third-order valence-electron chi connectivity index (χ3n) is 4.75. The number of para-hydroxylation sites is 1. The van der Waals surface area contributed by atoms with E-state index in [1.54, 1.807) is 43.1 Å². The second kappa shape index (κ2) is 8.51. The van der Waals surface area contributed by atoms with E-state index in [1.165, 1.54) is 32.1 Å². The number of hydrogen-bond donors (Lipinski definition) is 1. The van der Waals surface area contributed by atoms with E-state index in [4.69, 9.17) is 0 Å². The highest BCUT2D eigenvalue weighted by Gasteiger charge is 2.20. The number of benzene rings is 1. The summed E-state index contributed by atoms with van der Waals surface area (Å²) in [5, 5.41) is 0. The SMILES string of the molecule is CCS(=O)(=O)Nc1ccccc1C(=O)N(C)CCC1CCCCC1. The van der Waals surface area contributed by atoms with Crippen molar-refractivity contribution in [1.82, 2.24) is 4.90 Å². The lowest BCUT2D eigenvalue weighted by Crippen LogP contribution is -2.30. The third kappa shape index (κ3) is 5.23. The zero-order valence-electron chi connectivity index (χ0n) is 14.6. The topological polar surface area (TPSA) is 66.5 Å². The summed E-state index contributed by atoms with van der Waals surface area (Å²) < 4.78 is 26.1. The first kappa shape index (κ1) is 18.8. The second-order valence-corrected chi connectivity index (χ2v) is 8.58. The van der Waals surface area contributed by atoms with E-state index in [0.717, 1.165) is 6.42 Å². The van der Waals surface area contributed by atoms with Crippen molar-refractivity contribution in [3.63, 3.8) is 0 Å². The fourth-order valence-corrected chi connectivity index (χ4v) is 3.81. The zero-order valence-corrected chi connectivity index (χ0v) is 15.4. The molecule has 1 saturated carbocycles. The Hall–Kier alpha value is -1.56. The molecule has 1 aliphatic rings. The van der Waals surface area contributed by atoms with Crippen LogP contribution in [0.3, 0.4) is 0 Å². The maximum atomic E-state index is 12.7. The number of nitrogens with one attached hydrogen (secondary N) is 1. The molecule has 0 bridgehead atoms. The van der Waals surface area contributed by atoms with Gasteiger partial charge in [-0.15, -0.1) is 0 Å². The van der Waals surface area contributed by atoms with E-state index in [9.17, 15) is 13.2 Å². The molecule has 1 aliphatic carbocycles. The Morgan fingerprint density at radius 1 is 1.21 bits per heavy atom. The monoisotopic (exact) mass is 352 g/mol. The molecule has 0 spiro atoms. The zero-order chi connectivity index (χ0) is 17.6. The second-order valence-electron chi connectivity index (χ2n) is 6.57. The van der Waals surface area contributed by atoms with Crippen LogP contribution in [-0.4, -0.2) is 38.6 Å². The van der Waals surface area contributed by atoms with Crippen molar-refractivity contribution >= 4 is 21.6 Å². The lowest BCUT2D eigenvalue weighted by molar-refractivity contribution is 0.0785. The van der Waals surface area contributed by atoms with Crippen LogP contribution in [0.25, 0.3) is 0 Å². The molecule has 0 unspecified atom stereocenters. The van der Waals surface area contributed by atoms with Crippen LogP contribution in [0.15, 0.2) is 24.3 Å². The van der Waals surface area contributed by atoms with Crippen LogP contribution in [0.2, 0.25) is 0 Å². The van der Waals surface area contributed by atoms with Crippen molar-refractivity contribution in [3.05, 3.63) is 29.8 Å². The number of carbonyl (C=O) groups excluding carboxylic acids is 1. The van der Waals surface area contributed by atoms with Crippen LogP contribution in [-0.2, 0) is 10.0 Å². The maximum absolute atomic E-state index is 12.7. The van der Waals surface area contributed by atoms with Gasteiger partial charge in [0, 0.05) is 13.6 Å². The molecule has 0 saturated heterocycles. The molecule has 1 aromatic carbocycles. The number of nitrogens with zero attached hydrogens (tertiary/aromatic N) is 1. The molecule has 1 aromatic rings. The fourth-order valence-electron chi connectivity index (χ4n) is 3.16. The Kier molecular flexibility index (Phi) is 6.66. The molecule has 1 N–H and O–H groups in total. The Labute approximate surface area is 145 Å². The summed E-state index contributed by atoms with van der Waals surface area (Å²) in [5.41, 5.74) is 0.759. The van der Waals surface area contributed by atoms with Crippen molar-refractivity contribution in [1.29, 1.82) is 0 Å². The average Bonchev–Trinajstić information content (AvgIpc) is 2.60. The van der Waals surface area contributed by atoms with E-state index < -0.39 is 10.0 Å². The van der Waals surface area contributed by atoms with Gasteiger partial charge in [0.15, 0.2) is 0 Å². The van der Waals surface area contributed by atoms with Gasteiger partial charge < -0.3 is 4.90 Å². The fraction of sp³-hybridized carbons (Fsp3) is 0.611. The van der Waals surface area contributed by atoms with Crippen molar-refractivity contribution < 1.29 is 13.2 Å². The van der Waals surface area contributed by atoms with Gasteiger partial charge in [0.2, 0.25) is 10.0 Å². The van der Waals surface area contributed by atoms with Crippen molar-refractivity contribution in [2.45, 2.75) is 45.4 Å². The number of anilines is 1. The lowest BCUT2D eigenvalue weighted by atomic mass is 9.87. The Balaban J connectivity index is 2.02. The molecule has 0 radical (unpaired) electrons. The van der Waals surface area contributed by atoms with Crippen LogP contribution >= 0.6 is 0 Å². The largest absolute Gasteiger partial charge is 0.342 e. The molecule has 0 heterocycles. The van der Waals surface area contributed by atoms with Gasteiger partial charge >= 0.3 is 0 Å². The first-order valence-corrected chi connectivity index (χ1v) is 10.4. The van der Waals surface area contributed by atoms with Crippen molar-refractivity contribution in [2.24, 2.45) is 5.92 Å². The molecule has 6 heteroatoms. The summed E-state index contributed by atoms with van der Waals surface area (Å²) >= 11 is 0. The van der Waals surface area contributed by atoms with Gasteiger partial charge in [-0.2, -0.15) is 0 Å².